The zero-order chi connectivity index (χ0) is 16.9. The summed E-state index contributed by atoms with van der Waals surface area (Å²) in [5, 5.41) is 3.38. The maximum absolute atomic E-state index is 11.7. The lowest BCUT2D eigenvalue weighted by atomic mass is 10.1. The van der Waals surface area contributed by atoms with Gasteiger partial charge in [-0.05, 0) is 31.5 Å². The van der Waals surface area contributed by atoms with E-state index in [-0.39, 0.29) is 11.8 Å². The van der Waals surface area contributed by atoms with Gasteiger partial charge in [-0.15, -0.1) is 0 Å². The van der Waals surface area contributed by atoms with Crippen LogP contribution in [0.15, 0.2) is 48.5 Å². The van der Waals surface area contributed by atoms with Crippen LogP contribution in [0.4, 0.5) is 11.4 Å². The Balaban J connectivity index is 2.19. The molecule has 23 heavy (non-hydrogen) atoms. The number of anilines is 2. The molecule has 0 aliphatic rings. The Morgan fingerprint density at radius 3 is 2.43 bits per heavy atom. The highest BCUT2D eigenvalue weighted by Gasteiger charge is 2.12. The van der Waals surface area contributed by atoms with E-state index in [1.54, 1.807) is 19.1 Å². The van der Waals surface area contributed by atoms with E-state index in [9.17, 15) is 8.42 Å². The smallest absolute Gasteiger partial charge is 0.232 e. The average molecular weight is 334 g/mol. The molecule has 0 saturated heterocycles. The molecule has 0 unspecified atom stereocenters. The third-order valence-corrected chi connectivity index (χ3v) is 4.82. The third-order valence-electron chi connectivity index (χ3n) is 3.53. The molecule has 2 N–H and O–H groups in total. The Hall–Kier alpha value is -2.21. The molecule has 0 aliphatic heterocycles. The molecule has 0 fully saturated rings. The van der Waals surface area contributed by atoms with E-state index >= 15 is 0 Å². The quantitative estimate of drug-likeness (QED) is 0.811. The molecular weight excluding hydrogens is 312 g/mol. The van der Waals surface area contributed by atoms with Gasteiger partial charge in [-0.2, -0.15) is 0 Å². The van der Waals surface area contributed by atoms with Crippen molar-refractivity contribution in [3.8, 4) is 5.75 Å². The maximum atomic E-state index is 11.7. The van der Waals surface area contributed by atoms with Crippen LogP contribution in [0.5, 0.6) is 5.75 Å². The molecule has 1 atom stereocenters. The van der Waals surface area contributed by atoms with Gasteiger partial charge in [-0.1, -0.05) is 30.3 Å². The van der Waals surface area contributed by atoms with Crippen LogP contribution in [0.1, 0.15) is 25.5 Å². The number of hydrogen-bond acceptors (Lipinski definition) is 4. The van der Waals surface area contributed by atoms with Gasteiger partial charge in [-0.25, -0.2) is 8.42 Å². The van der Waals surface area contributed by atoms with Crippen LogP contribution in [-0.2, 0) is 10.0 Å². The monoisotopic (exact) mass is 334 g/mol. The number of benzene rings is 2. The fraction of sp³-hybridized carbons (Fsp3) is 0.294. The second-order valence-electron chi connectivity index (χ2n) is 5.20. The average Bonchev–Trinajstić information content (AvgIpc) is 2.56. The summed E-state index contributed by atoms with van der Waals surface area (Å²) >= 11 is 0. The first kappa shape index (κ1) is 17.1. The molecule has 0 radical (unpaired) electrons. The lowest BCUT2D eigenvalue weighted by Crippen LogP contribution is -2.15. The Morgan fingerprint density at radius 1 is 1.13 bits per heavy atom. The van der Waals surface area contributed by atoms with Crippen LogP contribution in [0.25, 0.3) is 0 Å². The number of ether oxygens (including phenoxy) is 1. The molecule has 0 bridgehead atoms. The Bertz CT molecular complexity index is 746. The molecule has 0 saturated carbocycles. The molecule has 2 rings (SSSR count). The van der Waals surface area contributed by atoms with Gasteiger partial charge in [0.05, 0.1) is 18.6 Å². The Labute approximate surface area is 137 Å². The number of hydrogen-bond donors (Lipinski definition) is 2. The van der Waals surface area contributed by atoms with Crippen LogP contribution in [-0.4, -0.2) is 21.3 Å². The van der Waals surface area contributed by atoms with Crippen molar-refractivity contribution in [2.75, 3.05) is 22.9 Å². The number of rotatable bonds is 7. The van der Waals surface area contributed by atoms with E-state index in [2.05, 4.69) is 29.1 Å². The molecule has 5 nitrogen and oxygen atoms in total. The highest BCUT2D eigenvalue weighted by molar-refractivity contribution is 7.92. The van der Waals surface area contributed by atoms with E-state index in [1.807, 2.05) is 24.3 Å². The van der Waals surface area contributed by atoms with Crippen LogP contribution < -0.4 is 14.8 Å². The van der Waals surface area contributed by atoms with Gasteiger partial charge in [0.1, 0.15) is 5.75 Å². The summed E-state index contributed by atoms with van der Waals surface area (Å²) in [5.74, 6) is 0.494. The normalized spacial score (nSPS) is 12.5. The highest BCUT2D eigenvalue weighted by Crippen LogP contribution is 2.30. The Morgan fingerprint density at radius 2 is 1.83 bits per heavy atom. The molecule has 124 valence electrons. The maximum Gasteiger partial charge on any atom is 0.232 e. The summed E-state index contributed by atoms with van der Waals surface area (Å²) in [6.45, 7) is 3.65. The van der Waals surface area contributed by atoms with E-state index < -0.39 is 10.0 Å². The topological polar surface area (TPSA) is 67.4 Å². The predicted molar refractivity (Wildman–Crippen MR) is 94.6 cm³/mol. The molecule has 6 heteroatoms. The van der Waals surface area contributed by atoms with Crippen molar-refractivity contribution in [1.29, 1.82) is 0 Å². The summed E-state index contributed by atoms with van der Waals surface area (Å²) in [7, 11) is -1.82. The largest absolute Gasteiger partial charge is 0.494 e. The molecule has 2 aromatic rings. The van der Waals surface area contributed by atoms with Gasteiger partial charge in [0, 0.05) is 17.8 Å². The first-order valence-electron chi connectivity index (χ1n) is 7.45. The minimum Gasteiger partial charge on any atom is -0.494 e. The van der Waals surface area contributed by atoms with Crippen LogP contribution in [0.3, 0.4) is 0 Å². The summed E-state index contributed by atoms with van der Waals surface area (Å²) in [6, 6.07) is 15.5. The molecule has 0 heterocycles. The molecule has 0 amide bonds. The molecule has 2 aromatic carbocycles. The molecule has 0 aliphatic carbocycles. The molecule has 0 aromatic heterocycles. The van der Waals surface area contributed by atoms with E-state index in [0.29, 0.717) is 11.4 Å². The van der Waals surface area contributed by atoms with E-state index in [0.717, 1.165) is 5.69 Å². The van der Waals surface area contributed by atoms with Gasteiger partial charge in [0.2, 0.25) is 10.0 Å². The van der Waals surface area contributed by atoms with Crippen molar-refractivity contribution in [3.63, 3.8) is 0 Å². The van der Waals surface area contributed by atoms with Crippen molar-refractivity contribution < 1.29 is 13.2 Å². The minimum atomic E-state index is -3.33. The van der Waals surface area contributed by atoms with Gasteiger partial charge in [0.15, 0.2) is 0 Å². The second-order valence-corrected chi connectivity index (χ2v) is 7.21. The first-order chi connectivity index (χ1) is 10.9. The zero-order valence-corrected chi connectivity index (χ0v) is 14.4. The van der Waals surface area contributed by atoms with Crippen molar-refractivity contribution >= 4 is 21.4 Å². The van der Waals surface area contributed by atoms with Gasteiger partial charge >= 0.3 is 0 Å². The third kappa shape index (κ3) is 4.63. The van der Waals surface area contributed by atoms with Crippen LogP contribution in [0, 0.1) is 0 Å². The Kier molecular flexibility index (Phi) is 5.50. The zero-order valence-electron chi connectivity index (χ0n) is 13.5. The molecular formula is C17H22N2O3S. The SMILES string of the molecule is CCS(=O)(=O)Nc1ccc(N[C@H](C)c2ccccc2)cc1OC. The van der Waals surface area contributed by atoms with Crippen LogP contribution >= 0.6 is 0 Å². The van der Waals surface area contributed by atoms with Crippen molar-refractivity contribution in [3.05, 3.63) is 54.1 Å². The van der Waals surface area contributed by atoms with Crippen LogP contribution in [0.2, 0.25) is 0 Å². The van der Waals surface area contributed by atoms with Crippen molar-refractivity contribution in [1.82, 2.24) is 0 Å². The van der Waals surface area contributed by atoms with E-state index in [4.69, 9.17) is 4.74 Å². The van der Waals surface area contributed by atoms with Gasteiger partial charge in [0.25, 0.3) is 0 Å². The van der Waals surface area contributed by atoms with Gasteiger partial charge in [-0.3, -0.25) is 4.72 Å². The lowest BCUT2D eigenvalue weighted by molar-refractivity contribution is 0.417. The number of methoxy groups -OCH3 is 1. The summed E-state index contributed by atoms with van der Waals surface area (Å²) in [4.78, 5) is 0. The predicted octanol–water partition coefficient (Wildman–Crippen LogP) is 3.63. The highest BCUT2D eigenvalue weighted by atomic mass is 32.2. The summed E-state index contributed by atoms with van der Waals surface area (Å²) < 4.78 is 31.2. The summed E-state index contributed by atoms with van der Waals surface area (Å²) in [5.41, 5.74) is 2.46. The fourth-order valence-corrected chi connectivity index (χ4v) is 2.83. The van der Waals surface area contributed by atoms with Crippen molar-refractivity contribution in [2.45, 2.75) is 19.9 Å². The number of sulfonamides is 1. The first-order valence-corrected chi connectivity index (χ1v) is 9.10. The van der Waals surface area contributed by atoms with Crippen molar-refractivity contribution in [2.24, 2.45) is 0 Å². The number of nitrogens with one attached hydrogen (secondary N) is 2. The second kappa shape index (κ2) is 7.37. The minimum absolute atomic E-state index is 0.0151. The van der Waals surface area contributed by atoms with Gasteiger partial charge < -0.3 is 10.1 Å². The van der Waals surface area contributed by atoms with E-state index in [1.165, 1.54) is 12.7 Å². The summed E-state index contributed by atoms with van der Waals surface area (Å²) in [6.07, 6.45) is 0. The lowest BCUT2D eigenvalue weighted by Gasteiger charge is -2.18. The fourth-order valence-electron chi connectivity index (χ4n) is 2.18. The standard InChI is InChI=1S/C17H22N2O3S/c1-4-23(20,21)19-16-11-10-15(12-17(16)22-3)18-13(2)14-8-6-5-7-9-14/h5-13,18-19H,4H2,1-3H3/t13-/m1/s1. The molecule has 0 spiro atoms.